The second-order valence-corrected chi connectivity index (χ2v) is 17.9. The highest BCUT2D eigenvalue weighted by Crippen LogP contribution is 2.41. The summed E-state index contributed by atoms with van der Waals surface area (Å²) in [6.45, 7) is 20.8. The number of benzene rings is 1. The van der Waals surface area contributed by atoms with Crippen LogP contribution in [0.3, 0.4) is 0 Å². The predicted molar refractivity (Wildman–Crippen MR) is 240 cm³/mol. The van der Waals surface area contributed by atoms with Crippen molar-refractivity contribution < 1.29 is 19.1 Å². The maximum Gasteiger partial charge on any atom is 0.293 e. The van der Waals surface area contributed by atoms with Crippen LogP contribution in [0.25, 0.3) is 33.4 Å². The van der Waals surface area contributed by atoms with E-state index in [4.69, 9.17) is 14.7 Å². The van der Waals surface area contributed by atoms with Gasteiger partial charge >= 0.3 is 0 Å². The highest BCUT2D eigenvalue weighted by atomic mass is 32.1. The number of pyridine rings is 1. The zero-order valence-electron chi connectivity index (χ0n) is 36.9. The molecule has 1 aromatic carbocycles. The third kappa shape index (κ3) is 10.6. The molecule has 2 aliphatic rings. The fourth-order valence-electron chi connectivity index (χ4n) is 8.65. The molecule has 2 fully saturated rings. The number of aryl methyl sites for hydroxylation is 1. The Kier molecular flexibility index (Phi) is 15.9. The number of rotatable bonds is 17. The maximum atomic E-state index is 14.2. The fraction of sp³-hybridized carbons (Fsp3) is 0.553. The van der Waals surface area contributed by atoms with Crippen LogP contribution in [0.5, 0.6) is 0 Å². The molecule has 320 valence electrons. The summed E-state index contributed by atoms with van der Waals surface area (Å²) in [6.07, 6.45) is 9.89. The van der Waals surface area contributed by atoms with E-state index in [0.29, 0.717) is 26.0 Å². The number of amides is 2. The fourth-order valence-corrected chi connectivity index (χ4v) is 9.50. The van der Waals surface area contributed by atoms with E-state index in [0.717, 1.165) is 101 Å². The molecular weight excluding hydrogens is 759 g/mol. The molecular formula is C47H67N7O4S. The minimum absolute atomic E-state index is 0.135. The van der Waals surface area contributed by atoms with E-state index in [1.165, 1.54) is 16.9 Å². The molecule has 11 nitrogen and oxygen atoms in total. The van der Waals surface area contributed by atoms with Crippen LogP contribution in [0.1, 0.15) is 116 Å². The summed E-state index contributed by atoms with van der Waals surface area (Å²) in [7, 11) is 4.04. The lowest BCUT2D eigenvalue weighted by molar-refractivity contribution is -0.141. The number of fused-ring (bicyclic) bond motifs is 1. The number of hydrazine groups is 1. The number of thiazole rings is 1. The molecule has 4 aromatic rings. The van der Waals surface area contributed by atoms with Gasteiger partial charge in [0.2, 0.25) is 5.91 Å². The molecule has 6 rings (SSSR count). The number of ether oxygens (including phenoxy) is 1. The van der Waals surface area contributed by atoms with Crippen LogP contribution < -0.4 is 10.7 Å². The lowest BCUT2D eigenvalue weighted by Gasteiger charge is -2.35. The number of carbonyl (C=O) groups is 3. The smallest absolute Gasteiger partial charge is 0.293 e. The third-order valence-corrected chi connectivity index (χ3v) is 12.9. The van der Waals surface area contributed by atoms with Gasteiger partial charge in [-0.2, -0.15) is 0 Å². The van der Waals surface area contributed by atoms with E-state index >= 15 is 0 Å². The number of nitrogens with zero attached hydrogens (tertiary/aromatic N) is 5. The SMILES string of the molecule is C=C(C)N(C)C(C(=O)NC(Cc1nc(-c2ccc3c(c2)c(CC(C)(C)COC=O)c(-c2cccnc2C(C)CC)n3C)cs1)C(=O)N1CCCCN1)C1CCCC1.CC. The van der Waals surface area contributed by atoms with Crippen molar-refractivity contribution in [3.63, 3.8) is 0 Å². The average Bonchev–Trinajstić information content (AvgIpc) is 4.01. The Morgan fingerprint density at radius 3 is 2.58 bits per heavy atom. The topological polar surface area (TPSA) is 122 Å². The van der Waals surface area contributed by atoms with Crippen molar-refractivity contribution in [3.8, 4) is 22.5 Å². The normalized spacial score (nSPS) is 16.2. The second kappa shape index (κ2) is 20.6. The zero-order valence-corrected chi connectivity index (χ0v) is 37.7. The number of hydrogen-bond donors (Lipinski definition) is 2. The predicted octanol–water partition coefficient (Wildman–Crippen LogP) is 8.82. The molecule has 3 atom stereocenters. The largest absolute Gasteiger partial charge is 0.467 e. The number of likely N-dealkylation sites (N-methyl/N-ethyl adjacent to an activating group) is 1. The minimum Gasteiger partial charge on any atom is -0.467 e. The van der Waals surface area contributed by atoms with Gasteiger partial charge in [-0.15, -0.1) is 11.3 Å². The van der Waals surface area contributed by atoms with Gasteiger partial charge in [-0.1, -0.05) is 67.0 Å². The Labute approximate surface area is 356 Å². The molecule has 2 amide bonds. The Bertz CT molecular complexity index is 2060. The first-order valence-electron chi connectivity index (χ1n) is 21.6. The van der Waals surface area contributed by atoms with Crippen molar-refractivity contribution in [3.05, 3.63) is 70.4 Å². The highest BCUT2D eigenvalue weighted by Gasteiger charge is 2.37. The Balaban J connectivity index is 0.00000326. The molecule has 0 bridgehead atoms. The van der Waals surface area contributed by atoms with E-state index in [2.05, 4.69) is 80.9 Å². The number of carbonyl (C=O) groups excluding carboxylic acids is 3. The van der Waals surface area contributed by atoms with Crippen molar-refractivity contribution in [2.75, 3.05) is 26.7 Å². The van der Waals surface area contributed by atoms with Crippen LogP contribution in [-0.2, 0) is 39.0 Å². The van der Waals surface area contributed by atoms with Gasteiger partial charge in [0, 0.05) is 78.3 Å². The minimum atomic E-state index is -0.773. The van der Waals surface area contributed by atoms with Crippen molar-refractivity contribution in [1.29, 1.82) is 0 Å². The van der Waals surface area contributed by atoms with Gasteiger partial charge < -0.3 is 19.5 Å². The Morgan fingerprint density at radius 1 is 1.17 bits per heavy atom. The molecule has 1 aliphatic heterocycles. The molecule has 4 heterocycles. The van der Waals surface area contributed by atoms with Crippen molar-refractivity contribution >= 4 is 40.5 Å². The summed E-state index contributed by atoms with van der Waals surface area (Å²) < 4.78 is 7.57. The summed E-state index contributed by atoms with van der Waals surface area (Å²) in [5, 5.41) is 8.81. The lowest BCUT2D eigenvalue weighted by Crippen LogP contribution is -2.59. The van der Waals surface area contributed by atoms with Crippen LogP contribution in [0, 0.1) is 11.3 Å². The lowest BCUT2D eigenvalue weighted by atomic mass is 9.84. The number of aromatic nitrogens is 3. The van der Waals surface area contributed by atoms with Gasteiger partial charge in [-0.25, -0.2) is 10.4 Å². The molecule has 1 saturated heterocycles. The molecule has 3 aromatic heterocycles. The van der Waals surface area contributed by atoms with Gasteiger partial charge in [-0.05, 0) is 87.1 Å². The van der Waals surface area contributed by atoms with Crippen LogP contribution in [0.15, 0.2) is 54.2 Å². The maximum absolute atomic E-state index is 14.2. The van der Waals surface area contributed by atoms with E-state index in [9.17, 15) is 14.4 Å². The summed E-state index contributed by atoms with van der Waals surface area (Å²) in [4.78, 5) is 51.5. The molecule has 59 heavy (non-hydrogen) atoms. The van der Waals surface area contributed by atoms with E-state index < -0.39 is 6.04 Å². The molecule has 1 aliphatic carbocycles. The summed E-state index contributed by atoms with van der Waals surface area (Å²) >= 11 is 1.51. The van der Waals surface area contributed by atoms with Crippen LogP contribution in [0.4, 0.5) is 0 Å². The second-order valence-electron chi connectivity index (χ2n) is 16.9. The molecule has 3 unspecified atom stereocenters. The Hall–Kier alpha value is -4.55. The van der Waals surface area contributed by atoms with Gasteiger partial charge in [0.15, 0.2) is 0 Å². The molecule has 2 N–H and O–H groups in total. The average molecular weight is 826 g/mol. The first kappa shape index (κ1) is 45.5. The quantitative estimate of drug-likeness (QED) is 0.101. The monoisotopic (exact) mass is 825 g/mol. The van der Waals surface area contributed by atoms with Gasteiger partial charge in [0.1, 0.15) is 12.1 Å². The zero-order chi connectivity index (χ0) is 42.9. The number of hydrogen-bond acceptors (Lipinski definition) is 9. The van der Waals surface area contributed by atoms with Crippen LogP contribution >= 0.6 is 11.3 Å². The first-order valence-corrected chi connectivity index (χ1v) is 22.5. The van der Waals surface area contributed by atoms with Crippen LogP contribution in [0.2, 0.25) is 0 Å². The molecule has 0 radical (unpaired) electrons. The summed E-state index contributed by atoms with van der Waals surface area (Å²) in [5.74, 6) is 0.209. The standard InChI is InChI=1S/C45H61N7O4S.C2H6/c1-9-30(4)40-33(17-14-20-46-40)42-35(25-45(5,6)27-56-28-53)34-23-32(18-19-38(34)51(42)8)37-26-57-39(48-37)24-36(44(55)52-22-13-12-21-47-52)49-43(54)41(50(7)29(2)3)31-15-10-11-16-31;1-2/h14,17-20,23,26,28,30-31,36,41,47H,2,9-13,15-16,21-22,24-25,27H2,1,3-8H3,(H,49,54);1-2H3. The molecule has 12 heteroatoms. The van der Waals surface area contributed by atoms with Crippen molar-refractivity contribution in [2.24, 2.45) is 18.4 Å². The van der Waals surface area contributed by atoms with Gasteiger partial charge in [0.05, 0.1) is 28.7 Å². The van der Waals surface area contributed by atoms with Crippen molar-refractivity contribution in [1.82, 2.24) is 35.2 Å². The van der Waals surface area contributed by atoms with E-state index in [-0.39, 0.29) is 41.5 Å². The number of allylic oxidation sites excluding steroid dienone is 1. The summed E-state index contributed by atoms with van der Waals surface area (Å²) in [5.41, 5.74) is 11.1. The van der Waals surface area contributed by atoms with Crippen LogP contribution in [-0.4, -0.2) is 81.6 Å². The molecule has 0 spiro atoms. The van der Waals surface area contributed by atoms with E-state index in [1.807, 2.05) is 50.4 Å². The first-order chi connectivity index (χ1) is 28.3. The van der Waals surface area contributed by atoms with E-state index in [1.54, 1.807) is 5.01 Å². The van der Waals surface area contributed by atoms with Crippen molar-refractivity contribution in [2.45, 2.75) is 124 Å². The Morgan fingerprint density at radius 2 is 1.92 bits per heavy atom. The number of nitrogens with one attached hydrogen (secondary N) is 2. The molecule has 1 saturated carbocycles. The highest BCUT2D eigenvalue weighted by molar-refractivity contribution is 7.10. The van der Waals surface area contributed by atoms with Gasteiger partial charge in [0.25, 0.3) is 12.4 Å². The van der Waals surface area contributed by atoms with Gasteiger partial charge in [-0.3, -0.25) is 24.4 Å². The summed E-state index contributed by atoms with van der Waals surface area (Å²) in [6, 6.07) is 9.48. The third-order valence-electron chi connectivity index (χ3n) is 12.0.